The maximum Gasteiger partial charge on any atom is 0.325 e. The highest BCUT2D eigenvalue weighted by Crippen LogP contribution is 2.11. The average Bonchev–Trinajstić information content (AvgIpc) is 2.75. The number of nitrogens with one attached hydrogen (secondary N) is 1. The number of carbonyl (C=O) groups excluding carboxylic acids is 2. The van der Waals surface area contributed by atoms with Gasteiger partial charge in [-0.1, -0.05) is 0 Å². The Labute approximate surface area is 94.9 Å². The fourth-order valence-electron chi connectivity index (χ4n) is 1.58. The standard InChI is InChI=1S/C10H18N2O4/c1-3-16-9(13)6-11-10(14)12-5-4-8(7-12)15-2/h8H,3-7H2,1-2H3,(H,11,14). The molecule has 6 heteroatoms. The maximum atomic E-state index is 11.6. The molecule has 1 rings (SSSR count). The van der Waals surface area contributed by atoms with Crippen LogP contribution in [0.25, 0.3) is 0 Å². The molecule has 0 spiro atoms. The number of urea groups is 1. The number of amides is 2. The average molecular weight is 230 g/mol. The summed E-state index contributed by atoms with van der Waals surface area (Å²) in [6, 6.07) is -0.243. The fraction of sp³-hybridized carbons (Fsp3) is 0.800. The number of nitrogens with zero attached hydrogens (tertiary/aromatic N) is 1. The number of methoxy groups -OCH3 is 1. The van der Waals surface area contributed by atoms with Crippen molar-refractivity contribution in [2.75, 3.05) is 33.4 Å². The van der Waals surface area contributed by atoms with Crippen LogP contribution in [0, 0.1) is 0 Å². The van der Waals surface area contributed by atoms with Crippen LogP contribution in [-0.2, 0) is 14.3 Å². The summed E-state index contributed by atoms with van der Waals surface area (Å²) >= 11 is 0. The van der Waals surface area contributed by atoms with E-state index < -0.39 is 5.97 Å². The number of ether oxygens (including phenoxy) is 2. The van der Waals surface area contributed by atoms with Gasteiger partial charge in [0, 0.05) is 20.2 Å². The minimum absolute atomic E-state index is 0.0825. The van der Waals surface area contributed by atoms with Crippen LogP contribution in [-0.4, -0.2) is 56.4 Å². The Morgan fingerprint density at radius 1 is 1.50 bits per heavy atom. The second kappa shape index (κ2) is 6.32. The SMILES string of the molecule is CCOC(=O)CNC(=O)N1CCC(OC)C1. The topological polar surface area (TPSA) is 67.9 Å². The van der Waals surface area contributed by atoms with Gasteiger partial charge in [-0.3, -0.25) is 4.79 Å². The van der Waals surface area contributed by atoms with Crippen LogP contribution in [0.2, 0.25) is 0 Å². The molecule has 1 unspecified atom stereocenters. The molecule has 2 amide bonds. The van der Waals surface area contributed by atoms with E-state index in [2.05, 4.69) is 5.32 Å². The molecule has 1 aliphatic rings. The van der Waals surface area contributed by atoms with Crippen molar-refractivity contribution in [1.82, 2.24) is 10.2 Å². The molecule has 16 heavy (non-hydrogen) atoms. The largest absolute Gasteiger partial charge is 0.465 e. The Kier molecular flexibility index (Phi) is 5.04. The van der Waals surface area contributed by atoms with E-state index >= 15 is 0 Å². The van der Waals surface area contributed by atoms with Crippen LogP contribution in [0.3, 0.4) is 0 Å². The van der Waals surface area contributed by atoms with E-state index in [0.29, 0.717) is 19.7 Å². The second-order valence-corrected chi connectivity index (χ2v) is 3.56. The predicted molar refractivity (Wildman–Crippen MR) is 57.0 cm³/mol. The van der Waals surface area contributed by atoms with Gasteiger partial charge in [0.2, 0.25) is 0 Å². The molecule has 0 aromatic carbocycles. The minimum atomic E-state index is -0.418. The first-order valence-corrected chi connectivity index (χ1v) is 5.38. The molecule has 1 saturated heterocycles. The molecule has 0 bridgehead atoms. The number of hydrogen-bond acceptors (Lipinski definition) is 4. The Bertz CT molecular complexity index is 257. The lowest BCUT2D eigenvalue weighted by Crippen LogP contribution is -2.41. The lowest BCUT2D eigenvalue weighted by atomic mass is 10.3. The van der Waals surface area contributed by atoms with E-state index in [9.17, 15) is 9.59 Å². The number of likely N-dealkylation sites (tertiary alicyclic amines) is 1. The van der Waals surface area contributed by atoms with Gasteiger partial charge >= 0.3 is 12.0 Å². The van der Waals surface area contributed by atoms with Crippen LogP contribution >= 0.6 is 0 Å². The smallest absolute Gasteiger partial charge is 0.325 e. The molecular formula is C10H18N2O4. The van der Waals surface area contributed by atoms with Gasteiger partial charge in [0.05, 0.1) is 12.7 Å². The van der Waals surface area contributed by atoms with Crippen molar-refractivity contribution in [2.45, 2.75) is 19.4 Å². The van der Waals surface area contributed by atoms with Crippen LogP contribution in [0.1, 0.15) is 13.3 Å². The van der Waals surface area contributed by atoms with Gasteiger partial charge in [0.1, 0.15) is 6.54 Å². The summed E-state index contributed by atoms with van der Waals surface area (Å²) in [5.41, 5.74) is 0. The number of esters is 1. The summed E-state index contributed by atoms with van der Waals surface area (Å²) in [5.74, 6) is -0.418. The van der Waals surface area contributed by atoms with Crippen molar-refractivity contribution in [3.63, 3.8) is 0 Å². The van der Waals surface area contributed by atoms with E-state index in [0.717, 1.165) is 6.42 Å². The molecule has 1 atom stereocenters. The van der Waals surface area contributed by atoms with Gasteiger partial charge < -0.3 is 19.7 Å². The molecule has 1 N–H and O–H groups in total. The first-order chi connectivity index (χ1) is 7.67. The van der Waals surface area contributed by atoms with Crippen molar-refractivity contribution in [3.8, 4) is 0 Å². The van der Waals surface area contributed by atoms with Crippen molar-refractivity contribution >= 4 is 12.0 Å². The molecule has 0 aromatic heterocycles. The molecular weight excluding hydrogens is 212 g/mol. The monoisotopic (exact) mass is 230 g/mol. The van der Waals surface area contributed by atoms with Crippen molar-refractivity contribution in [1.29, 1.82) is 0 Å². The highest BCUT2D eigenvalue weighted by molar-refractivity contribution is 5.81. The first kappa shape index (κ1) is 12.8. The van der Waals surface area contributed by atoms with Gasteiger partial charge in [-0.15, -0.1) is 0 Å². The van der Waals surface area contributed by atoms with Gasteiger partial charge in [-0.25, -0.2) is 4.79 Å². The molecule has 0 saturated carbocycles. The summed E-state index contributed by atoms with van der Waals surface area (Å²) in [7, 11) is 1.63. The van der Waals surface area contributed by atoms with Crippen molar-refractivity contribution in [3.05, 3.63) is 0 Å². The van der Waals surface area contributed by atoms with E-state index in [-0.39, 0.29) is 18.7 Å². The fourth-order valence-corrected chi connectivity index (χ4v) is 1.58. The zero-order valence-corrected chi connectivity index (χ0v) is 9.69. The summed E-state index contributed by atoms with van der Waals surface area (Å²) in [4.78, 5) is 24.2. The normalized spacial score (nSPS) is 19.6. The quantitative estimate of drug-likeness (QED) is 0.689. The Hall–Kier alpha value is -1.30. The van der Waals surface area contributed by atoms with Gasteiger partial charge in [-0.05, 0) is 13.3 Å². The Morgan fingerprint density at radius 3 is 2.81 bits per heavy atom. The Morgan fingerprint density at radius 2 is 2.25 bits per heavy atom. The number of carbonyl (C=O) groups is 2. The molecule has 0 aromatic rings. The summed E-state index contributed by atoms with van der Waals surface area (Å²) in [5, 5.41) is 2.51. The maximum absolute atomic E-state index is 11.6. The highest BCUT2D eigenvalue weighted by atomic mass is 16.5. The zero-order chi connectivity index (χ0) is 12.0. The zero-order valence-electron chi connectivity index (χ0n) is 9.69. The lowest BCUT2D eigenvalue weighted by Gasteiger charge is -2.16. The molecule has 0 aliphatic carbocycles. The second-order valence-electron chi connectivity index (χ2n) is 3.56. The highest BCUT2D eigenvalue weighted by Gasteiger charge is 2.25. The van der Waals surface area contributed by atoms with Crippen LogP contribution in [0.5, 0.6) is 0 Å². The predicted octanol–water partition coefficient (Wildman–Crippen LogP) is -0.0202. The Balaban J connectivity index is 2.23. The van der Waals surface area contributed by atoms with Crippen molar-refractivity contribution < 1.29 is 19.1 Å². The van der Waals surface area contributed by atoms with Crippen LogP contribution in [0.15, 0.2) is 0 Å². The number of hydrogen-bond donors (Lipinski definition) is 1. The van der Waals surface area contributed by atoms with Crippen molar-refractivity contribution in [2.24, 2.45) is 0 Å². The third-order valence-electron chi connectivity index (χ3n) is 2.45. The molecule has 92 valence electrons. The summed E-state index contributed by atoms with van der Waals surface area (Å²) in [6.07, 6.45) is 0.942. The van der Waals surface area contributed by atoms with E-state index in [4.69, 9.17) is 9.47 Å². The van der Waals surface area contributed by atoms with E-state index in [1.54, 1.807) is 18.9 Å². The van der Waals surface area contributed by atoms with Gasteiger partial charge in [0.15, 0.2) is 0 Å². The van der Waals surface area contributed by atoms with Crippen LogP contribution < -0.4 is 5.32 Å². The van der Waals surface area contributed by atoms with E-state index in [1.165, 1.54) is 0 Å². The minimum Gasteiger partial charge on any atom is -0.465 e. The summed E-state index contributed by atoms with van der Waals surface area (Å²) < 4.78 is 9.84. The third kappa shape index (κ3) is 3.69. The molecule has 1 heterocycles. The van der Waals surface area contributed by atoms with E-state index in [1.807, 2.05) is 0 Å². The van der Waals surface area contributed by atoms with Gasteiger partial charge in [-0.2, -0.15) is 0 Å². The summed E-state index contributed by atoms with van der Waals surface area (Å²) in [6.45, 7) is 3.20. The molecule has 6 nitrogen and oxygen atoms in total. The molecule has 1 aliphatic heterocycles. The van der Waals surface area contributed by atoms with Crippen LogP contribution in [0.4, 0.5) is 4.79 Å². The third-order valence-corrected chi connectivity index (χ3v) is 2.45. The first-order valence-electron chi connectivity index (χ1n) is 5.38. The number of rotatable bonds is 4. The molecule has 0 radical (unpaired) electrons. The molecule has 1 fully saturated rings. The van der Waals surface area contributed by atoms with Gasteiger partial charge in [0.25, 0.3) is 0 Å². The lowest BCUT2D eigenvalue weighted by molar-refractivity contribution is -0.141.